The molecule has 0 unspecified atom stereocenters. The quantitative estimate of drug-likeness (QED) is 0.734. The largest absolute Gasteiger partial charge is 0.465 e. The van der Waals surface area contributed by atoms with E-state index < -0.39 is 21.9 Å². The second kappa shape index (κ2) is 8.79. The molecule has 0 heterocycles. The van der Waals surface area contributed by atoms with Gasteiger partial charge in [-0.05, 0) is 42.5 Å². The molecule has 1 N–H and O–H groups in total. The molecule has 2 aromatic rings. The molecule has 0 saturated carbocycles. The van der Waals surface area contributed by atoms with Gasteiger partial charge in [-0.1, -0.05) is 19.9 Å². The van der Waals surface area contributed by atoms with Crippen LogP contribution in [0.2, 0.25) is 0 Å². The first kappa shape index (κ1) is 20.6. The molecule has 144 valence electrons. The van der Waals surface area contributed by atoms with Crippen molar-refractivity contribution in [2.45, 2.75) is 18.7 Å². The molecular formula is C19H22N2O5S. The summed E-state index contributed by atoms with van der Waals surface area (Å²) in [5, 5.41) is 2.67. The lowest BCUT2D eigenvalue weighted by Crippen LogP contribution is -2.30. The van der Waals surface area contributed by atoms with E-state index in [2.05, 4.69) is 10.1 Å². The van der Waals surface area contributed by atoms with Gasteiger partial charge in [-0.25, -0.2) is 13.2 Å². The average molecular weight is 390 g/mol. The molecule has 7 nitrogen and oxygen atoms in total. The van der Waals surface area contributed by atoms with Crippen LogP contribution in [-0.2, 0) is 14.8 Å². The van der Waals surface area contributed by atoms with Crippen LogP contribution >= 0.6 is 0 Å². The Hall–Kier alpha value is -2.71. The summed E-state index contributed by atoms with van der Waals surface area (Å²) >= 11 is 0. The van der Waals surface area contributed by atoms with Crippen molar-refractivity contribution in [3.63, 3.8) is 0 Å². The molecule has 27 heavy (non-hydrogen) atoms. The fourth-order valence-corrected chi connectivity index (χ4v) is 4.03. The number of rotatable bonds is 7. The van der Waals surface area contributed by atoms with Crippen molar-refractivity contribution in [3.8, 4) is 0 Å². The van der Waals surface area contributed by atoms with Crippen LogP contribution in [0.15, 0.2) is 53.4 Å². The number of benzene rings is 2. The van der Waals surface area contributed by atoms with Crippen molar-refractivity contribution in [1.82, 2.24) is 4.31 Å². The van der Waals surface area contributed by atoms with E-state index in [0.29, 0.717) is 29.9 Å². The zero-order valence-electron chi connectivity index (χ0n) is 15.4. The van der Waals surface area contributed by atoms with E-state index in [0.717, 1.165) is 0 Å². The molecule has 0 atom stereocenters. The molecule has 1 amide bonds. The Morgan fingerprint density at radius 3 is 2.15 bits per heavy atom. The lowest BCUT2D eigenvalue weighted by atomic mass is 10.1. The predicted octanol–water partition coefficient (Wildman–Crippen LogP) is 2.76. The molecular weight excluding hydrogens is 368 g/mol. The maximum atomic E-state index is 12.6. The molecule has 0 aliphatic heterocycles. The van der Waals surface area contributed by atoms with Gasteiger partial charge in [0, 0.05) is 24.3 Å². The minimum atomic E-state index is -3.61. The molecule has 0 fully saturated rings. The van der Waals surface area contributed by atoms with Crippen LogP contribution in [0, 0.1) is 0 Å². The van der Waals surface area contributed by atoms with Crippen molar-refractivity contribution >= 4 is 27.6 Å². The minimum absolute atomic E-state index is 0.116. The molecule has 0 saturated heterocycles. The summed E-state index contributed by atoms with van der Waals surface area (Å²) in [6, 6.07) is 12.1. The zero-order chi connectivity index (χ0) is 20.0. The summed E-state index contributed by atoms with van der Waals surface area (Å²) in [7, 11) is -2.33. The van der Waals surface area contributed by atoms with Crippen molar-refractivity contribution in [2.75, 3.05) is 25.5 Å². The fraction of sp³-hybridized carbons (Fsp3) is 0.263. The number of hydrogen-bond donors (Lipinski definition) is 1. The Balaban J connectivity index is 2.21. The monoisotopic (exact) mass is 390 g/mol. The maximum absolute atomic E-state index is 12.6. The highest BCUT2D eigenvalue weighted by Crippen LogP contribution is 2.20. The van der Waals surface area contributed by atoms with Gasteiger partial charge in [0.15, 0.2) is 0 Å². The molecule has 0 aliphatic rings. The lowest BCUT2D eigenvalue weighted by Gasteiger charge is -2.18. The van der Waals surface area contributed by atoms with Gasteiger partial charge in [-0.3, -0.25) is 4.79 Å². The highest BCUT2D eigenvalue weighted by Gasteiger charge is 2.22. The summed E-state index contributed by atoms with van der Waals surface area (Å²) < 4.78 is 31.2. The normalized spacial score (nSPS) is 11.3. The van der Waals surface area contributed by atoms with Gasteiger partial charge in [0.05, 0.1) is 17.6 Å². The third-order valence-electron chi connectivity index (χ3n) is 4.00. The number of nitrogens with one attached hydrogen (secondary N) is 1. The van der Waals surface area contributed by atoms with Gasteiger partial charge in [0.25, 0.3) is 5.91 Å². The van der Waals surface area contributed by atoms with E-state index in [1.165, 1.54) is 47.8 Å². The molecule has 0 radical (unpaired) electrons. The summed E-state index contributed by atoms with van der Waals surface area (Å²) in [5.74, 6) is -0.903. The van der Waals surface area contributed by atoms with Crippen LogP contribution in [-0.4, -0.2) is 44.8 Å². The van der Waals surface area contributed by atoms with E-state index in [9.17, 15) is 18.0 Å². The van der Waals surface area contributed by atoms with Crippen LogP contribution in [0.1, 0.15) is 34.6 Å². The van der Waals surface area contributed by atoms with Gasteiger partial charge in [0.2, 0.25) is 10.0 Å². The Morgan fingerprint density at radius 1 is 1.00 bits per heavy atom. The first-order chi connectivity index (χ1) is 12.8. The van der Waals surface area contributed by atoms with E-state index >= 15 is 0 Å². The van der Waals surface area contributed by atoms with Crippen molar-refractivity contribution < 1.29 is 22.7 Å². The SMILES string of the molecule is CCN(CC)S(=O)(=O)c1cccc(NC(=O)c2ccc(C(=O)OC)cc2)c1. The molecule has 8 heteroatoms. The number of nitrogens with zero attached hydrogens (tertiary/aromatic N) is 1. The van der Waals surface area contributed by atoms with Gasteiger partial charge < -0.3 is 10.1 Å². The molecule has 0 aromatic heterocycles. The zero-order valence-corrected chi connectivity index (χ0v) is 16.2. The third-order valence-corrected chi connectivity index (χ3v) is 6.05. The van der Waals surface area contributed by atoms with Crippen LogP contribution < -0.4 is 5.32 Å². The van der Waals surface area contributed by atoms with Gasteiger partial charge in [0.1, 0.15) is 0 Å². The van der Waals surface area contributed by atoms with E-state index in [-0.39, 0.29) is 4.90 Å². The number of carbonyl (C=O) groups is 2. The first-order valence-electron chi connectivity index (χ1n) is 8.43. The van der Waals surface area contributed by atoms with Crippen LogP contribution in [0.4, 0.5) is 5.69 Å². The van der Waals surface area contributed by atoms with Crippen LogP contribution in [0.25, 0.3) is 0 Å². The highest BCUT2D eigenvalue weighted by atomic mass is 32.2. The summed E-state index contributed by atoms with van der Waals surface area (Å²) in [6.07, 6.45) is 0. The Morgan fingerprint density at radius 2 is 1.59 bits per heavy atom. The first-order valence-corrected chi connectivity index (χ1v) is 9.87. The van der Waals surface area contributed by atoms with Crippen LogP contribution in [0.3, 0.4) is 0 Å². The lowest BCUT2D eigenvalue weighted by molar-refractivity contribution is 0.0600. The Labute approximate surface area is 159 Å². The van der Waals surface area contributed by atoms with Crippen molar-refractivity contribution in [1.29, 1.82) is 0 Å². The van der Waals surface area contributed by atoms with E-state index in [1.54, 1.807) is 26.0 Å². The van der Waals surface area contributed by atoms with Crippen molar-refractivity contribution in [2.24, 2.45) is 0 Å². The number of esters is 1. The minimum Gasteiger partial charge on any atom is -0.465 e. The smallest absolute Gasteiger partial charge is 0.337 e. The summed E-state index contributed by atoms with van der Waals surface area (Å²) in [6.45, 7) is 4.26. The standard InChI is InChI=1S/C19H22N2O5S/c1-4-21(5-2)27(24,25)17-8-6-7-16(13-17)20-18(22)14-9-11-15(12-10-14)19(23)26-3/h6-13H,4-5H2,1-3H3,(H,20,22). The Bertz CT molecular complexity index is 919. The topological polar surface area (TPSA) is 92.8 Å². The maximum Gasteiger partial charge on any atom is 0.337 e. The number of methoxy groups -OCH3 is 1. The van der Waals surface area contributed by atoms with E-state index in [4.69, 9.17) is 0 Å². The molecule has 2 rings (SSSR count). The predicted molar refractivity (Wildman–Crippen MR) is 102 cm³/mol. The summed E-state index contributed by atoms with van der Waals surface area (Å²) in [5.41, 5.74) is 1.03. The number of ether oxygens (including phenoxy) is 1. The average Bonchev–Trinajstić information content (AvgIpc) is 2.68. The van der Waals surface area contributed by atoms with Crippen LogP contribution in [0.5, 0.6) is 0 Å². The highest BCUT2D eigenvalue weighted by molar-refractivity contribution is 7.89. The van der Waals surface area contributed by atoms with Gasteiger partial charge in [-0.2, -0.15) is 4.31 Å². The Kier molecular flexibility index (Phi) is 6.70. The number of hydrogen-bond acceptors (Lipinski definition) is 5. The number of amides is 1. The number of carbonyl (C=O) groups excluding carboxylic acids is 2. The number of anilines is 1. The molecule has 0 bridgehead atoms. The molecule has 0 spiro atoms. The van der Waals surface area contributed by atoms with Gasteiger partial charge >= 0.3 is 5.97 Å². The second-order valence-corrected chi connectivity index (χ2v) is 7.58. The molecule has 0 aliphatic carbocycles. The van der Waals surface area contributed by atoms with E-state index in [1.807, 2.05) is 0 Å². The second-order valence-electron chi connectivity index (χ2n) is 5.64. The number of sulfonamides is 1. The molecule has 2 aromatic carbocycles. The fourth-order valence-electron chi connectivity index (χ4n) is 2.53. The summed E-state index contributed by atoms with van der Waals surface area (Å²) in [4.78, 5) is 23.9. The third kappa shape index (κ3) is 4.72. The van der Waals surface area contributed by atoms with Gasteiger partial charge in [-0.15, -0.1) is 0 Å². The van der Waals surface area contributed by atoms with Crippen molar-refractivity contribution in [3.05, 3.63) is 59.7 Å².